The summed E-state index contributed by atoms with van der Waals surface area (Å²) in [5, 5.41) is 17.7. The second-order valence-corrected chi connectivity index (χ2v) is 5.21. The van der Waals surface area contributed by atoms with E-state index in [1.165, 1.54) is 18.5 Å². The first-order valence-electron chi connectivity index (χ1n) is 7.05. The molecule has 0 aliphatic heterocycles. The second-order valence-electron chi connectivity index (χ2n) is 5.21. The molecule has 0 saturated heterocycles. The van der Waals surface area contributed by atoms with E-state index in [9.17, 15) is 9.65 Å². The van der Waals surface area contributed by atoms with E-state index in [2.05, 4.69) is 26.2 Å². The molecule has 0 radical (unpaired) electrons. The van der Waals surface area contributed by atoms with Gasteiger partial charge in [0.05, 0.1) is 30.0 Å². The molecule has 24 heavy (non-hydrogen) atoms. The van der Waals surface area contributed by atoms with Gasteiger partial charge in [-0.15, -0.1) is 0 Å². The summed E-state index contributed by atoms with van der Waals surface area (Å²) in [4.78, 5) is 8.31. The van der Waals surface area contributed by atoms with Crippen molar-refractivity contribution in [3.8, 4) is 28.6 Å². The van der Waals surface area contributed by atoms with Crippen molar-refractivity contribution in [2.75, 3.05) is 0 Å². The molecule has 4 heterocycles. The number of aryl methyl sites for hydroxylation is 1. The van der Waals surface area contributed by atoms with Crippen molar-refractivity contribution >= 4 is 5.52 Å². The Kier molecular flexibility index (Phi) is 3.06. The highest BCUT2D eigenvalue weighted by molar-refractivity contribution is 5.82. The molecule has 0 N–H and O–H groups in total. The molecule has 8 heteroatoms. The second kappa shape index (κ2) is 5.24. The van der Waals surface area contributed by atoms with Gasteiger partial charge in [-0.3, -0.25) is 4.68 Å². The average Bonchev–Trinajstić information content (AvgIpc) is 3.20. The van der Waals surface area contributed by atoms with Crippen molar-refractivity contribution in [2.45, 2.75) is 0 Å². The zero-order valence-electron chi connectivity index (χ0n) is 12.5. The van der Waals surface area contributed by atoms with Crippen molar-refractivity contribution in [1.29, 1.82) is 5.26 Å². The minimum absolute atomic E-state index is 0.388. The first-order valence-corrected chi connectivity index (χ1v) is 7.05. The Morgan fingerprint density at radius 3 is 2.62 bits per heavy atom. The maximum atomic E-state index is 13.1. The number of hydrogen-bond acceptors (Lipinski definition) is 5. The van der Waals surface area contributed by atoms with Crippen LogP contribution in [-0.2, 0) is 7.05 Å². The average molecular weight is 319 g/mol. The van der Waals surface area contributed by atoms with Crippen LogP contribution in [0.25, 0.3) is 28.0 Å². The molecule has 0 spiro atoms. The van der Waals surface area contributed by atoms with E-state index in [0.29, 0.717) is 28.0 Å². The molecule has 0 fully saturated rings. The van der Waals surface area contributed by atoms with Gasteiger partial charge in [-0.2, -0.15) is 19.8 Å². The van der Waals surface area contributed by atoms with Gasteiger partial charge in [-0.25, -0.2) is 14.5 Å². The SMILES string of the molecule is Cn1cc(-c2cn3ncc(C#N)c3c(-c3ccc(F)nc3)n2)cn1. The van der Waals surface area contributed by atoms with Gasteiger partial charge in [0.25, 0.3) is 0 Å². The van der Waals surface area contributed by atoms with Crippen LogP contribution in [-0.4, -0.2) is 29.4 Å². The van der Waals surface area contributed by atoms with Gasteiger partial charge >= 0.3 is 0 Å². The monoisotopic (exact) mass is 319 g/mol. The number of fused-ring (bicyclic) bond motifs is 1. The third kappa shape index (κ3) is 2.19. The van der Waals surface area contributed by atoms with Crippen molar-refractivity contribution in [2.24, 2.45) is 7.05 Å². The topological polar surface area (TPSA) is 84.7 Å². The van der Waals surface area contributed by atoms with Gasteiger partial charge < -0.3 is 0 Å². The Hall–Kier alpha value is -3.60. The summed E-state index contributed by atoms with van der Waals surface area (Å²) in [6, 6.07) is 4.93. The molecule has 0 unspecified atom stereocenters. The minimum atomic E-state index is -0.577. The number of halogens is 1. The van der Waals surface area contributed by atoms with Crippen LogP contribution < -0.4 is 0 Å². The Balaban J connectivity index is 2.02. The molecule has 4 rings (SSSR count). The Morgan fingerprint density at radius 1 is 1.08 bits per heavy atom. The Labute approximate surface area is 135 Å². The third-order valence-electron chi connectivity index (χ3n) is 3.62. The van der Waals surface area contributed by atoms with Gasteiger partial charge in [-0.1, -0.05) is 0 Å². The van der Waals surface area contributed by atoms with Crippen LogP contribution in [0.5, 0.6) is 0 Å². The van der Waals surface area contributed by atoms with E-state index in [0.717, 1.165) is 5.56 Å². The van der Waals surface area contributed by atoms with Crippen LogP contribution >= 0.6 is 0 Å². The molecule has 4 aromatic heterocycles. The predicted molar refractivity (Wildman–Crippen MR) is 83.1 cm³/mol. The smallest absolute Gasteiger partial charge is 0.212 e. The van der Waals surface area contributed by atoms with Crippen molar-refractivity contribution in [3.05, 3.63) is 54.6 Å². The quantitative estimate of drug-likeness (QED) is 0.529. The van der Waals surface area contributed by atoms with E-state index in [1.54, 1.807) is 27.7 Å². The molecule has 4 aromatic rings. The van der Waals surface area contributed by atoms with Gasteiger partial charge in [0.2, 0.25) is 5.95 Å². The van der Waals surface area contributed by atoms with E-state index in [1.807, 2.05) is 13.2 Å². The number of rotatable bonds is 2. The van der Waals surface area contributed by atoms with Gasteiger partial charge in [0.1, 0.15) is 17.1 Å². The molecule has 0 aliphatic carbocycles. The molecule has 0 atom stereocenters. The first-order chi connectivity index (χ1) is 11.7. The lowest BCUT2D eigenvalue weighted by Crippen LogP contribution is -1.98. The largest absolute Gasteiger partial charge is 0.275 e. The highest BCUT2D eigenvalue weighted by atomic mass is 19.1. The first kappa shape index (κ1) is 14.0. The normalized spacial score (nSPS) is 10.9. The number of nitriles is 1. The number of pyridine rings is 1. The van der Waals surface area contributed by atoms with Gasteiger partial charge in [0.15, 0.2) is 0 Å². The van der Waals surface area contributed by atoms with Crippen LogP contribution in [0.2, 0.25) is 0 Å². The molecule has 0 amide bonds. The van der Waals surface area contributed by atoms with Crippen LogP contribution in [0.1, 0.15) is 5.56 Å². The molecule has 0 bridgehead atoms. The summed E-state index contributed by atoms with van der Waals surface area (Å²) in [6.07, 6.45) is 8.11. The highest BCUT2D eigenvalue weighted by Gasteiger charge is 2.16. The van der Waals surface area contributed by atoms with E-state index >= 15 is 0 Å². The summed E-state index contributed by atoms with van der Waals surface area (Å²) in [5.74, 6) is -0.577. The zero-order valence-corrected chi connectivity index (χ0v) is 12.5. The minimum Gasteiger partial charge on any atom is -0.275 e. The fraction of sp³-hybridized carbons (Fsp3) is 0.0625. The molecular weight excluding hydrogens is 309 g/mol. The number of hydrogen-bond donors (Lipinski definition) is 0. The van der Waals surface area contributed by atoms with E-state index in [-0.39, 0.29) is 0 Å². The molecule has 0 saturated carbocycles. The molecule has 0 aromatic carbocycles. The van der Waals surface area contributed by atoms with E-state index < -0.39 is 5.95 Å². The van der Waals surface area contributed by atoms with Crippen molar-refractivity contribution in [3.63, 3.8) is 0 Å². The van der Waals surface area contributed by atoms with Crippen LogP contribution in [0, 0.1) is 17.3 Å². The fourth-order valence-corrected chi connectivity index (χ4v) is 2.51. The molecule has 116 valence electrons. The fourth-order valence-electron chi connectivity index (χ4n) is 2.51. The maximum absolute atomic E-state index is 13.1. The van der Waals surface area contributed by atoms with Crippen LogP contribution in [0.4, 0.5) is 4.39 Å². The predicted octanol–water partition coefficient (Wildman–Crippen LogP) is 2.20. The van der Waals surface area contributed by atoms with Crippen LogP contribution in [0.15, 0.2) is 43.1 Å². The van der Waals surface area contributed by atoms with Crippen LogP contribution in [0.3, 0.4) is 0 Å². The summed E-state index contributed by atoms with van der Waals surface area (Å²) < 4.78 is 16.4. The summed E-state index contributed by atoms with van der Waals surface area (Å²) >= 11 is 0. The van der Waals surface area contributed by atoms with Gasteiger partial charge in [-0.05, 0) is 12.1 Å². The summed E-state index contributed by atoms with van der Waals surface area (Å²) in [5.41, 5.74) is 3.51. The lowest BCUT2D eigenvalue weighted by atomic mass is 10.1. The van der Waals surface area contributed by atoms with Gasteiger partial charge in [0, 0.05) is 30.6 Å². The number of nitrogens with zero attached hydrogens (tertiary/aromatic N) is 7. The Morgan fingerprint density at radius 2 is 1.96 bits per heavy atom. The van der Waals surface area contributed by atoms with E-state index in [4.69, 9.17) is 0 Å². The van der Waals surface area contributed by atoms with Crippen molar-refractivity contribution < 1.29 is 4.39 Å². The lowest BCUT2D eigenvalue weighted by molar-refractivity contribution is 0.584. The molecule has 0 aliphatic rings. The summed E-state index contributed by atoms with van der Waals surface area (Å²) in [6.45, 7) is 0. The zero-order chi connectivity index (χ0) is 16.7. The summed E-state index contributed by atoms with van der Waals surface area (Å²) in [7, 11) is 1.81. The van der Waals surface area contributed by atoms with Crippen molar-refractivity contribution in [1.82, 2.24) is 29.4 Å². The standard InChI is InChI=1S/C16H10FN7/c1-23-8-12(7-20-23)13-9-24-16(11(4-18)6-21-24)15(22-13)10-2-3-14(17)19-5-10/h2-3,5-9H,1H3. The highest BCUT2D eigenvalue weighted by Crippen LogP contribution is 2.28. The molecule has 7 nitrogen and oxygen atoms in total. The molecular formula is C16H10FN7. The maximum Gasteiger partial charge on any atom is 0.212 e. The lowest BCUT2D eigenvalue weighted by Gasteiger charge is -2.07. The number of aromatic nitrogens is 6. The third-order valence-corrected chi connectivity index (χ3v) is 3.62. The Bertz CT molecular complexity index is 1090.